The van der Waals surface area contributed by atoms with Crippen LogP contribution in [0.15, 0.2) is 84.4 Å². The predicted octanol–water partition coefficient (Wildman–Crippen LogP) is 5.31. The van der Waals surface area contributed by atoms with Crippen LogP contribution in [0.1, 0.15) is 24.3 Å². The topological polar surface area (TPSA) is 104 Å². The molecule has 1 N–H and O–H groups in total. The number of carbonyl (C=O) groups excluding carboxylic acids is 4. The third-order valence-corrected chi connectivity index (χ3v) is 10.9. The lowest BCUT2D eigenvalue weighted by Crippen LogP contribution is -2.60. The molecule has 1 saturated carbocycles. The first-order valence-corrected chi connectivity index (χ1v) is 14.8. The zero-order valence-electron chi connectivity index (χ0n) is 23.2. The van der Waals surface area contributed by atoms with Gasteiger partial charge in [0.1, 0.15) is 17.3 Å². The highest BCUT2D eigenvalue weighted by atomic mass is 35.5. The van der Waals surface area contributed by atoms with Gasteiger partial charge in [0.05, 0.1) is 30.3 Å². The van der Waals surface area contributed by atoms with E-state index in [1.54, 1.807) is 48.5 Å². The van der Waals surface area contributed by atoms with Gasteiger partial charge in [0.2, 0.25) is 11.8 Å². The molecule has 2 saturated heterocycles. The number of rotatable bonds is 4. The molecule has 4 amide bonds. The van der Waals surface area contributed by atoms with Crippen LogP contribution < -0.4 is 14.5 Å². The van der Waals surface area contributed by atoms with Gasteiger partial charge >= 0.3 is 0 Å². The Morgan fingerprint density at radius 1 is 0.841 bits per heavy atom. The minimum absolute atomic E-state index is 0.0658. The number of ether oxygens (including phenoxy) is 1. The Hall–Kier alpha value is -4.21. The fourth-order valence-corrected chi connectivity index (χ4v) is 8.47. The average Bonchev–Trinajstić information content (AvgIpc) is 3.36. The Morgan fingerprint density at radius 2 is 1.52 bits per heavy atom. The molecular formula is C33H25Cl2FN2O6. The molecular weight excluding hydrogens is 610 g/mol. The number of hydrogen-bond acceptors (Lipinski definition) is 6. The fourth-order valence-electron chi connectivity index (χ4n) is 7.55. The SMILES string of the molecule is COc1cccc(O)c1[C@H]1C2=CC[C@@H]3C(=O)N(c4ccccc4)C(=O)[C@@H]3[C@@H]2C[C@@]2(Cl)C(=O)N(c3ccc(F)cc3)C(=O)[C@@]12Cl. The number of aromatic hydroxyl groups is 1. The van der Waals surface area contributed by atoms with E-state index in [0.29, 0.717) is 11.3 Å². The molecule has 224 valence electrons. The Kier molecular flexibility index (Phi) is 6.43. The monoisotopic (exact) mass is 634 g/mol. The number of phenolic OH excluding ortho intramolecular Hbond substituents is 1. The molecule has 2 aliphatic heterocycles. The van der Waals surface area contributed by atoms with Crippen LogP contribution in [-0.4, -0.2) is 45.6 Å². The highest BCUT2D eigenvalue weighted by Gasteiger charge is 2.77. The van der Waals surface area contributed by atoms with Gasteiger partial charge in [-0.1, -0.05) is 35.9 Å². The number of carbonyl (C=O) groups is 4. The average molecular weight is 635 g/mol. The number of anilines is 2. The third kappa shape index (κ3) is 3.62. The summed E-state index contributed by atoms with van der Waals surface area (Å²) < 4.78 is 19.4. The molecule has 3 fully saturated rings. The van der Waals surface area contributed by atoms with Gasteiger partial charge in [-0.2, -0.15) is 0 Å². The van der Waals surface area contributed by atoms with Crippen molar-refractivity contribution in [3.63, 3.8) is 0 Å². The van der Waals surface area contributed by atoms with Crippen LogP contribution in [0.4, 0.5) is 15.8 Å². The molecule has 0 unspecified atom stereocenters. The molecule has 4 aliphatic rings. The van der Waals surface area contributed by atoms with Crippen molar-refractivity contribution in [3.8, 4) is 11.5 Å². The van der Waals surface area contributed by atoms with Crippen LogP contribution in [0.3, 0.4) is 0 Å². The maximum Gasteiger partial charge on any atom is 0.258 e. The van der Waals surface area contributed by atoms with Crippen molar-refractivity contribution < 1.29 is 33.4 Å². The van der Waals surface area contributed by atoms with Crippen molar-refractivity contribution in [2.24, 2.45) is 17.8 Å². The largest absolute Gasteiger partial charge is 0.508 e. The standard InChI is InChI=1S/C33H25Cl2FN2O6/c1-44-24-9-5-8-23(39)26(24)27-20-14-15-21-25(29(41)37(28(21)40)18-6-3-2-4-7-18)22(20)16-32(34)30(42)38(31(43)33(27,32)35)19-12-10-17(36)11-13-19/h2-14,21-22,25,27,39H,15-16H2,1H3/t21-,22+,25-,27+,32+,33-/m0/s1. The molecule has 2 heterocycles. The number of alkyl halides is 2. The smallest absolute Gasteiger partial charge is 0.258 e. The number of benzene rings is 3. The van der Waals surface area contributed by atoms with Crippen molar-refractivity contribution in [1.82, 2.24) is 0 Å². The van der Waals surface area contributed by atoms with E-state index in [9.17, 15) is 28.7 Å². The van der Waals surface area contributed by atoms with Crippen LogP contribution >= 0.6 is 23.2 Å². The van der Waals surface area contributed by atoms with E-state index >= 15 is 0 Å². The van der Waals surface area contributed by atoms with Crippen LogP contribution in [-0.2, 0) is 19.2 Å². The van der Waals surface area contributed by atoms with Crippen LogP contribution in [0.25, 0.3) is 0 Å². The number of amides is 4. The van der Waals surface area contributed by atoms with Gasteiger partial charge in [0, 0.05) is 11.5 Å². The second-order valence-corrected chi connectivity index (χ2v) is 12.7. The van der Waals surface area contributed by atoms with Gasteiger partial charge in [-0.15, -0.1) is 23.2 Å². The highest BCUT2D eigenvalue weighted by molar-refractivity contribution is 6.58. The van der Waals surface area contributed by atoms with Crippen molar-refractivity contribution in [2.75, 3.05) is 16.9 Å². The number of phenols is 1. The van der Waals surface area contributed by atoms with E-state index in [2.05, 4.69) is 0 Å². The Morgan fingerprint density at radius 3 is 2.20 bits per heavy atom. The number of methoxy groups -OCH3 is 1. The lowest BCUT2D eigenvalue weighted by atomic mass is 9.56. The van der Waals surface area contributed by atoms with Crippen LogP contribution in [0.2, 0.25) is 0 Å². The van der Waals surface area contributed by atoms with Crippen molar-refractivity contribution in [2.45, 2.75) is 28.5 Å². The summed E-state index contributed by atoms with van der Waals surface area (Å²) in [5.74, 6) is -6.80. The van der Waals surface area contributed by atoms with Gasteiger partial charge in [-0.25, -0.2) is 9.29 Å². The Balaban J connectivity index is 1.44. The summed E-state index contributed by atoms with van der Waals surface area (Å²) in [5.41, 5.74) is 1.13. The number of allylic oxidation sites excluding steroid dienone is 2. The first-order valence-electron chi connectivity index (χ1n) is 14.1. The number of fused-ring (bicyclic) bond motifs is 4. The van der Waals surface area contributed by atoms with E-state index in [1.165, 1.54) is 25.3 Å². The van der Waals surface area contributed by atoms with Crippen LogP contribution in [0.5, 0.6) is 11.5 Å². The molecule has 6 atom stereocenters. The number of nitrogens with zero attached hydrogens (tertiary/aromatic N) is 2. The number of para-hydroxylation sites is 1. The highest BCUT2D eigenvalue weighted by Crippen LogP contribution is 2.67. The first-order chi connectivity index (χ1) is 21.0. The van der Waals surface area contributed by atoms with Gasteiger partial charge in [0.25, 0.3) is 11.8 Å². The molecule has 3 aromatic carbocycles. The molecule has 3 aromatic rings. The molecule has 8 nitrogen and oxygen atoms in total. The molecule has 11 heteroatoms. The molecule has 0 aromatic heterocycles. The van der Waals surface area contributed by atoms with Gasteiger partial charge < -0.3 is 9.84 Å². The summed E-state index contributed by atoms with van der Waals surface area (Å²) in [6, 6.07) is 17.9. The lowest BCUT2D eigenvalue weighted by Gasteiger charge is -2.50. The van der Waals surface area contributed by atoms with Crippen LogP contribution in [0, 0.1) is 23.6 Å². The Labute approximate surface area is 261 Å². The van der Waals surface area contributed by atoms with Crippen molar-refractivity contribution in [3.05, 3.63) is 95.8 Å². The molecule has 2 aliphatic carbocycles. The third-order valence-electron chi connectivity index (χ3n) is 9.46. The zero-order chi connectivity index (χ0) is 31.1. The van der Waals surface area contributed by atoms with E-state index in [1.807, 2.05) is 0 Å². The quantitative estimate of drug-likeness (QED) is 0.237. The van der Waals surface area contributed by atoms with Crippen molar-refractivity contribution in [1.29, 1.82) is 0 Å². The number of imide groups is 2. The molecule has 44 heavy (non-hydrogen) atoms. The minimum atomic E-state index is -2.19. The maximum atomic E-state index is 14.4. The minimum Gasteiger partial charge on any atom is -0.508 e. The number of hydrogen-bond donors (Lipinski definition) is 1. The fraction of sp³-hybridized carbons (Fsp3) is 0.273. The van der Waals surface area contributed by atoms with Gasteiger partial charge in [0.15, 0.2) is 9.75 Å². The number of halogens is 3. The van der Waals surface area contributed by atoms with E-state index in [0.717, 1.165) is 21.9 Å². The summed E-state index contributed by atoms with van der Waals surface area (Å²) in [4.78, 5) is 54.2. The lowest BCUT2D eigenvalue weighted by molar-refractivity contribution is -0.125. The molecule has 0 spiro atoms. The summed E-state index contributed by atoms with van der Waals surface area (Å²) in [6.07, 6.45) is 1.71. The summed E-state index contributed by atoms with van der Waals surface area (Å²) in [5, 5.41) is 11.2. The summed E-state index contributed by atoms with van der Waals surface area (Å²) in [7, 11) is 1.39. The Bertz CT molecular complexity index is 1780. The maximum absolute atomic E-state index is 14.4. The summed E-state index contributed by atoms with van der Waals surface area (Å²) in [6.45, 7) is 0. The zero-order valence-corrected chi connectivity index (χ0v) is 24.8. The second-order valence-electron chi connectivity index (χ2n) is 11.5. The van der Waals surface area contributed by atoms with E-state index in [-0.39, 0.29) is 41.5 Å². The van der Waals surface area contributed by atoms with Gasteiger partial charge in [-0.3, -0.25) is 24.1 Å². The normalized spacial score (nSPS) is 31.0. The summed E-state index contributed by atoms with van der Waals surface area (Å²) >= 11 is 14.7. The van der Waals surface area contributed by atoms with E-state index in [4.69, 9.17) is 27.9 Å². The van der Waals surface area contributed by atoms with Gasteiger partial charge in [-0.05, 0) is 67.3 Å². The first kappa shape index (κ1) is 28.6. The molecule has 0 radical (unpaired) electrons. The predicted molar refractivity (Wildman–Crippen MR) is 160 cm³/mol. The molecule has 0 bridgehead atoms. The van der Waals surface area contributed by atoms with Crippen molar-refractivity contribution >= 4 is 58.2 Å². The van der Waals surface area contributed by atoms with E-state index < -0.39 is 57.0 Å². The molecule has 7 rings (SSSR count). The second kappa shape index (κ2) is 9.90.